The number of phosphoric ester groups is 1. The fourth-order valence-corrected chi connectivity index (χ4v) is 6.74. The molecule has 0 aliphatic carbocycles. The zero-order valence-corrected chi connectivity index (χ0v) is 36.0. The molecule has 0 aromatic carbocycles. The second-order valence-electron chi connectivity index (χ2n) is 14.8. The maximum Gasteiger partial charge on any atom is 0.472 e. The van der Waals surface area contributed by atoms with Gasteiger partial charge in [0.25, 0.3) is 0 Å². The van der Waals surface area contributed by atoms with E-state index in [9.17, 15) is 23.8 Å². The number of allylic oxidation sites excluding steroid dienone is 6. The van der Waals surface area contributed by atoms with Crippen LogP contribution in [0.3, 0.4) is 0 Å². The smallest absolute Gasteiger partial charge is 0.472 e. The van der Waals surface area contributed by atoms with Gasteiger partial charge in [-0.05, 0) is 51.4 Å². The van der Waals surface area contributed by atoms with E-state index in [1.807, 2.05) is 6.08 Å². The van der Waals surface area contributed by atoms with Gasteiger partial charge in [-0.25, -0.2) is 4.57 Å². The molecule has 1 saturated heterocycles. The first-order chi connectivity index (χ1) is 27.6. The Balaban J connectivity index is 2.33. The van der Waals surface area contributed by atoms with Crippen LogP contribution < -0.4 is 5.73 Å². The second kappa shape index (κ2) is 35.4. The SMILES string of the molecule is CCC=CCC=CCC=CCC1OC1CC=CCCCC(=O)OC(COC(=O)CCCCCCCCCCCCCCCCC)COP(=O)(O)OCC(N)C(=O)O. The number of epoxide rings is 1. The molecule has 4 N–H and O–H groups in total. The van der Waals surface area contributed by atoms with Crippen molar-refractivity contribution in [3.05, 3.63) is 48.6 Å². The van der Waals surface area contributed by atoms with Gasteiger partial charge < -0.3 is 29.9 Å². The first-order valence-electron chi connectivity index (χ1n) is 21.8. The van der Waals surface area contributed by atoms with Crippen molar-refractivity contribution in [2.24, 2.45) is 5.73 Å². The van der Waals surface area contributed by atoms with E-state index < -0.39 is 51.1 Å². The number of esters is 2. The highest BCUT2D eigenvalue weighted by molar-refractivity contribution is 7.47. The Hall–Kier alpha value is -2.60. The number of carbonyl (C=O) groups is 3. The molecule has 1 aliphatic heterocycles. The van der Waals surface area contributed by atoms with Crippen molar-refractivity contribution < 1.29 is 52.2 Å². The van der Waals surface area contributed by atoms with Crippen molar-refractivity contribution in [1.82, 2.24) is 0 Å². The Morgan fingerprint density at radius 3 is 1.70 bits per heavy atom. The Morgan fingerprint density at radius 1 is 0.649 bits per heavy atom. The third-order valence-electron chi connectivity index (χ3n) is 9.49. The maximum absolute atomic E-state index is 12.6. The van der Waals surface area contributed by atoms with Gasteiger partial charge in [0.1, 0.15) is 12.6 Å². The molecule has 0 saturated carbocycles. The highest BCUT2D eigenvalue weighted by Crippen LogP contribution is 2.43. The lowest BCUT2D eigenvalue weighted by Crippen LogP contribution is -2.34. The summed E-state index contributed by atoms with van der Waals surface area (Å²) in [5, 5.41) is 8.89. The number of unbranched alkanes of at least 4 members (excludes halogenated alkanes) is 15. The van der Waals surface area contributed by atoms with Crippen LogP contribution in [0, 0.1) is 0 Å². The molecule has 13 heteroatoms. The van der Waals surface area contributed by atoms with E-state index in [0.29, 0.717) is 19.3 Å². The number of nitrogens with two attached hydrogens (primary N) is 1. The lowest BCUT2D eigenvalue weighted by Gasteiger charge is -2.20. The van der Waals surface area contributed by atoms with Gasteiger partial charge in [0.05, 0.1) is 25.4 Å². The van der Waals surface area contributed by atoms with E-state index in [2.05, 4.69) is 60.9 Å². The largest absolute Gasteiger partial charge is 0.480 e. The first kappa shape index (κ1) is 52.4. The third kappa shape index (κ3) is 33.0. The Labute approximate surface area is 343 Å². The highest BCUT2D eigenvalue weighted by Gasteiger charge is 2.36. The highest BCUT2D eigenvalue weighted by atomic mass is 31.2. The molecule has 0 radical (unpaired) electrons. The normalized spacial score (nSPS) is 17.8. The molecule has 0 bridgehead atoms. The molecule has 0 amide bonds. The molecular weight excluding hydrogens is 749 g/mol. The van der Waals surface area contributed by atoms with E-state index in [1.54, 1.807) is 0 Å². The zero-order valence-electron chi connectivity index (χ0n) is 35.1. The predicted octanol–water partition coefficient (Wildman–Crippen LogP) is 10.4. The van der Waals surface area contributed by atoms with Crippen LogP contribution >= 0.6 is 7.82 Å². The van der Waals surface area contributed by atoms with E-state index >= 15 is 0 Å². The van der Waals surface area contributed by atoms with Crippen molar-refractivity contribution in [3.8, 4) is 0 Å². The zero-order chi connectivity index (χ0) is 41.8. The van der Waals surface area contributed by atoms with Crippen LogP contribution in [-0.4, -0.2) is 72.1 Å². The summed E-state index contributed by atoms with van der Waals surface area (Å²) >= 11 is 0. The summed E-state index contributed by atoms with van der Waals surface area (Å²) in [6, 6.07) is -1.53. The maximum atomic E-state index is 12.6. The van der Waals surface area contributed by atoms with Crippen LogP contribution in [0.15, 0.2) is 48.6 Å². The molecule has 0 aromatic heterocycles. The van der Waals surface area contributed by atoms with Gasteiger partial charge in [0.15, 0.2) is 6.10 Å². The van der Waals surface area contributed by atoms with Crippen molar-refractivity contribution in [2.45, 2.75) is 192 Å². The number of rotatable bonds is 39. The summed E-state index contributed by atoms with van der Waals surface area (Å²) in [6.07, 6.45) is 40.6. The van der Waals surface area contributed by atoms with Crippen LogP contribution in [0.1, 0.15) is 168 Å². The molecule has 1 rings (SSSR count). The fourth-order valence-electron chi connectivity index (χ4n) is 5.97. The first-order valence-corrected chi connectivity index (χ1v) is 23.3. The number of hydrogen-bond acceptors (Lipinski definition) is 10. The molecule has 328 valence electrons. The van der Waals surface area contributed by atoms with Crippen molar-refractivity contribution in [1.29, 1.82) is 0 Å². The van der Waals surface area contributed by atoms with Crippen LogP contribution in [0.5, 0.6) is 0 Å². The lowest BCUT2D eigenvalue weighted by atomic mass is 10.0. The topological polar surface area (TPSA) is 184 Å². The summed E-state index contributed by atoms with van der Waals surface area (Å²) in [5.74, 6) is -2.46. The number of aliphatic carboxylic acids is 1. The summed E-state index contributed by atoms with van der Waals surface area (Å²) in [4.78, 5) is 46.0. The van der Waals surface area contributed by atoms with E-state index in [1.165, 1.54) is 70.6 Å². The van der Waals surface area contributed by atoms with Gasteiger partial charge in [0, 0.05) is 12.8 Å². The Morgan fingerprint density at radius 2 is 1.14 bits per heavy atom. The Kier molecular flexibility index (Phi) is 32.5. The molecule has 5 unspecified atom stereocenters. The van der Waals surface area contributed by atoms with Gasteiger partial charge >= 0.3 is 25.7 Å². The average Bonchev–Trinajstić information content (AvgIpc) is 3.94. The van der Waals surface area contributed by atoms with Crippen LogP contribution in [0.4, 0.5) is 0 Å². The molecule has 1 heterocycles. The fraction of sp³-hybridized carbons (Fsp3) is 0.750. The minimum Gasteiger partial charge on any atom is -0.480 e. The molecule has 0 aromatic rings. The monoisotopic (exact) mass is 826 g/mol. The number of carboxylic acids is 1. The Bertz CT molecular complexity index is 1220. The van der Waals surface area contributed by atoms with Gasteiger partial charge in [-0.1, -0.05) is 152 Å². The molecule has 12 nitrogen and oxygen atoms in total. The summed E-state index contributed by atoms with van der Waals surface area (Å²) in [7, 11) is -4.74. The molecule has 57 heavy (non-hydrogen) atoms. The molecular formula is C44H76NO11P. The molecule has 0 spiro atoms. The van der Waals surface area contributed by atoms with Crippen molar-refractivity contribution >= 4 is 25.7 Å². The number of carbonyl (C=O) groups excluding carboxylic acids is 2. The number of carboxylic acid groups (broad SMARTS) is 1. The van der Waals surface area contributed by atoms with Gasteiger partial charge in [-0.3, -0.25) is 23.4 Å². The van der Waals surface area contributed by atoms with Gasteiger partial charge in [-0.15, -0.1) is 0 Å². The van der Waals surface area contributed by atoms with E-state index in [4.69, 9.17) is 29.6 Å². The third-order valence-corrected chi connectivity index (χ3v) is 10.4. The van der Waals surface area contributed by atoms with Crippen molar-refractivity contribution in [3.63, 3.8) is 0 Å². The average molecular weight is 826 g/mol. The van der Waals surface area contributed by atoms with Crippen LogP contribution in [0.2, 0.25) is 0 Å². The number of hydrogen-bond donors (Lipinski definition) is 3. The van der Waals surface area contributed by atoms with Crippen molar-refractivity contribution in [2.75, 3.05) is 19.8 Å². The molecule has 5 atom stereocenters. The minimum atomic E-state index is -4.74. The van der Waals surface area contributed by atoms with Crippen LogP contribution in [0.25, 0.3) is 0 Å². The molecule has 1 aliphatic rings. The van der Waals surface area contributed by atoms with E-state index in [0.717, 1.165) is 51.4 Å². The standard InChI is InChI=1S/C44H76NO11P/c1-3-5-7-9-11-13-14-15-16-17-18-20-22-24-29-33-42(46)52-35-38(36-53-57(50,51)54-37-39(45)44(48)49)55-43(47)34-30-26-25-28-32-41-40(56-41)31-27-23-21-19-12-10-8-6-4-2/h6,8,12,19,23,25,27-28,38-41H,3-5,7,9-11,13-18,20-22,24,26,29-37,45H2,1-2H3,(H,48,49)(H,50,51). The number of ether oxygens (including phenoxy) is 3. The van der Waals surface area contributed by atoms with E-state index in [-0.39, 0.29) is 31.7 Å². The predicted molar refractivity (Wildman–Crippen MR) is 226 cm³/mol. The summed E-state index contributed by atoms with van der Waals surface area (Å²) in [6.45, 7) is 2.62. The quantitative estimate of drug-likeness (QED) is 0.0175. The van der Waals surface area contributed by atoms with Gasteiger partial charge in [-0.2, -0.15) is 0 Å². The number of phosphoric acid groups is 1. The summed E-state index contributed by atoms with van der Waals surface area (Å²) in [5.41, 5.74) is 5.33. The second-order valence-corrected chi connectivity index (χ2v) is 16.3. The molecule has 1 fully saturated rings. The van der Waals surface area contributed by atoms with Gasteiger partial charge in [0.2, 0.25) is 0 Å². The summed E-state index contributed by atoms with van der Waals surface area (Å²) < 4.78 is 38.4. The minimum absolute atomic E-state index is 0.0748. The van der Waals surface area contributed by atoms with Crippen LogP contribution in [-0.2, 0) is 42.2 Å². The lowest BCUT2D eigenvalue weighted by molar-refractivity contribution is -0.161.